The quantitative estimate of drug-likeness (QED) is 0.434. The summed E-state index contributed by atoms with van der Waals surface area (Å²) in [5.74, 6) is 1.27. The number of ether oxygens (including phenoxy) is 1. The van der Waals surface area contributed by atoms with Crippen molar-refractivity contribution in [1.82, 2.24) is 0 Å². The SMILES string of the molecule is CCC(CC)C(Cl)OCCCC(C)C. The highest BCUT2D eigenvalue weighted by molar-refractivity contribution is 6.19. The van der Waals surface area contributed by atoms with Gasteiger partial charge in [0.25, 0.3) is 0 Å². The summed E-state index contributed by atoms with van der Waals surface area (Å²) in [6.07, 6.45) is 4.57. The van der Waals surface area contributed by atoms with Crippen LogP contribution in [0.5, 0.6) is 0 Å². The van der Waals surface area contributed by atoms with Gasteiger partial charge in [0.15, 0.2) is 0 Å². The average molecular weight is 221 g/mol. The van der Waals surface area contributed by atoms with Crippen molar-refractivity contribution in [2.45, 2.75) is 58.9 Å². The lowest BCUT2D eigenvalue weighted by atomic mass is 10.0. The number of rotatable bonds is 8. The number of hydrogen-bond acceptors (Lipinski definition) is 1. The van der Waals surface area contributed by atoms with E-state index in [0.29, 0.717) is 5.92 Å². The Hall–Kier alpha value is 0.250. The maximum absolute atomic E-state index is 6.14. The molecule has 0 aliphatic carbocycles. The van der Waals surface area contributed by atoms with Crippen LogP contribution in [0.4, 0.5) is 0 Å². The fourth-order valence-electron chi connectivity index (χ4n) is 1.48. The summed E-state index contributed by atoms with van der Waals surface area (Å²) in [5, 5.41) is 0. The molecule has 0 heterocycles. The fourth-order valence-corrected chi connectivity index (χ4v) is 1.93. The van der Waals surface area contributed by atoms with E-state index >= 15 is 0 Å². The molecule has 2 heteroatoms. The zero-order valence-corrected chi connectivity index (χ0v) is 10.8. The van der Waals surface area contributed by atoms with E-state index in [0.717, 1.165) is 31.8 Å². The molecule has 0 aliphatic rings. The second kappa shape index (κ2) is 8.55. The maximum atomic E-state index is 6.14. The van der Waals surface area contributed by atoms with E-state index in [-0.39, 0.29) is 5.56 Å². The van der Waals surface area contributed by atoms with E-state index in [9.17, 15) is 0 Å². The molecule has 0 fully saturated rings. The third-order valence-electron chi connectivity index (χ3n) is 2.62. The molecular formula is C12H25ClO. The lowest BCUT2D eigenvalue weighted by molar-refractivity contribution is 0.0611. The van der Waals surface area contributed by atoms with Crippen LogP contribution in [0, 0.1) is 11.8 Å². The Morgan fingerprint density at radius 3 is 2.14 bits per heavy atom. The summed E-state index contributed by atoms with van der Waals surface area (Å²) in [6.45, 7) is 9.61. The Labute approximate surface area is 94.2 Å². The summed E-state index contributed by atoms with van der Waals surface area (Å²) in [6, 6.07) is 0. The van der Waals surface area contributed by atoms with E-state index < -0.39 is 0 Å². The van der Waals surface area contributed by atoms with Crippen LogP contribution in [-0.4, -0.2) is 12.2 Å². The van der Waals surface area contributed by atoms with Gasteiger partial charge in [-0.1, -0.05) is 39.3 Å². The van der Waals surface area contributed by atoms with Gasteiger partial charge in [0.05, 0.1) is 0 Å². The van der Waals surface area contributed by atoms with Crippen molar-refractivity contribution in [3.05, 3.63) is 0 Å². The van der Waals surface area contributed by atoms with E-state index in [4.69, 9.17) is 16.3 Å². The van der Waals surface area contributed by atoms with E-state index in [2.05, 4.69) is 27.7 Å². The van der Waals surface area contributed by atoms with Crippen molar-refractivity contribution in [1.29, 1.82) is 0 Å². The monoisotopic (exact) mass is 220 g/mol. The van der Waals surface area contributed by atoms with E-state index in [1.807, 2.05) is 0 Å². The molecule has 0 rings (SSSR count). The van der Waals surface area contributed by atoms with Gasteiger partial charge in [-0.15, -0.1) is 0 Å². The van der Waals surface area contributed by atoms with Gasteiger partial charge in [0.2, 0.25) is 0 Å². The summed E-state index contributed by atoms with van der Waals surface area (Å²) in [5.41, 5.74) is -0.0860. The zero-order chi connectivity index (χ0) is 11.0. The van der Waals surface area contributed by atoms with Crippen molar-refractivity contribution in [3.63, 3.8) is 0 Å². The molecule has 0 saturated heterocycles. The molecule has 0 N–H and O–H groups in total. The smallest absolute Gasteiger partial charge is 0.133 e. The molecule has 0 spiro atoms. The third-order valence-corrected chi connectivity index (χ3v) is 3.10. The second-order valence-electron chi connectivity index (χ2n) is 4.33. The van der Waals surface area contributed by atoms with Gasteiger partial charge in [-0.2, -0.15) is 0 Å². The highest BCUT2D eigenvalue weighted by Crippen LogP contribution is 2.20. The highest BCUT2D eigenvalue weighted by Gasteiger charge is 2.15. The Morgan fingerprint density at radius 2 is 1.71 bits per heavy atom. The van der Waals surface area contributed by atoms with Crippen molar-refractivity contribution < 1.29 is 4.74 Å². The van der Waals surface area contributed by atoms with Crippen molar-refractivity contribution in [3.8, 4) is 0 Å². The Balaban J connectivity index is 3.47. The van der Waals surface area contributed by atoms with Crippen LogP contribution in [-0.2, 0) is 4.74 Å². The van der Waals surface area contributed by atoms with Gasteiger partial charge in [0, 0.05) is 6.61 Å². The molecule has 0 aromatic carbocycles. The fraction of sp³-hybridized carbons (Fsp3) is 1.00. The molecule has 1 nitrogen and oxygen atoms in total. The van der Waals surface area contributed by atoms with Crippen LogP contribution in [0.1, 0.15) is 53.4 Å². The topological polar surface area (TPSA) is 9.23 Å². The molecule has 0 amide bonds. The zero-order valence-electron chi connectivity index (χ0n) is 10.1. The molecule has 0 aromatic rings. The van der Waals surface area contributed by atoms with Crippen LogP contribution in [0.3, 0.4) is 0 Å². The Bertz CT molecular complexity index is 121. The standard InChI is InChI=1S/C12H25ClO/c1-5-11(6-2)12(13)14-9-7-8-10(3)4/h10-12H,5-9H2,1-4H3. The molecule has 14 heavy (non-hydrogen) atoms. The Kier molecular flexibility index (Phi) is 8.70. The largest absolute Gasteiger partial charge is 0.362 e. The molecule has 86 valence electrons. The first kappa shape index (κ1) is 14.2. The number of halogens is 1. The summed E-state index contributed by atoms with van der Waals surface area (Å²) in [7, 11) is 0. The van der Waals surface area contributed by atoms with Crippen LogP contribution < -0.4 is 0 Å². The Morgan fingerprint density at radius 1 is 1.14 bits per heavy atom. The molecule has 1 atom stereocenters. The van der Waals surface area contributed by atoms with Gasteiger partial charge >= 0.3 is 0 Å². The van der Waals surface area contributed by atoms with Gasteiger partial charge in [0.1, 0.15) is 5.56 Å². The maximum Gasteiger partial charge on any atom is 0.133 e. The summed E-state index contributed by atoms with van der Waals surface area (Å²) < 4.78 is 5.60. The van der Waals surface area contributed by atoms with Crippen LogP contribution >= 0.6 is 11.6 Å². The number of alkyl halides is 1. The first-order valence-electron chi connectivity index (χ1n) is 5.87. The number of hydrogen-bond donors (Lipinski definition) is 0. The minimum atomic E-state index is -0.0860. The predicted molar refractivity (Wildman–Crippen MR) is 63.7 cm³/mol. The van der Waals surface area contributed by atoms with Gasteiger partial charge in [-0.3, -0.25) is 0 Å². The van der Waals surface area contributed by atoms with Gasteiger partial charge < -0.3 is 4.74 Å². The molecule has 0 saturated carbocycles. The molecular weight excluding hydrogens is 196 g/mol. The molecule has 0 bridgehead atoms. The minimum Gasteiger partial charge on any atom is -0.362 e. The second-order valence-corrected chi connectivity index (χ2v) is 4.76. The average Bonchev–Trinajstić information content (AvgIpc) is 2.14. The summed E-state index contributed by atoms with van der Waals surface area (Å²) in [4.78, 5) is 0. The lowest BCUT2D eigenvalue weighted by Gasteiger charge is -2.19. The van der Waals surface area contributed by atoms with Crippen molar-refractivity contribution >= 4 is 11.6 Å². The normalized spacial score (nSPS) is 13.9. The minimum absolute atomic E-state index is 0.0860. The van der Waals surface area contributed by atoms with E-state index in [1.165, 1.54) is 6.42 Å². The third kappa shape index (κ3) is 6.67. The lowest BCUT2D eigenvalue weighted by Crippen LogP contribution is -2.17. The van der Waals surface area contributed by atoms with Crippen LogP contribution in [0.25, 0.3) is 0 Å². The predicted octanol–water partition coefficient (Wildman–Crippen LogP) is 4.44. The van der Waals surface area contributed by atoms with E-state index in [1.54, 1.807) is 0 Å². The summed E-state index contributed by atoms with van der Waals surface area (Å²) >= 11 is 6.14. The van der Waals surface area contributed by atoms with Gasteiger partial charge in [-0.25, -0.2) is 0 Å². The van der Waals surface area contributed by atoms with Crippen LogP contribution in [0.15, 0.2) is 0 Å². The first-order chi connectivity index (χ1) is 6.61. The van der Waals surface area contributed by atoms with Crippen LogP contribution in [0.2, 0.25) is 0 Å². The first-order valence-corrected chi connectivity index (χ1v) is 6.31. The molecule has 1 unspecified atom stereocenters. The van der Waals surface area contributed by atoms with Crippen molar-refractivity contribution in [2.75, 3.05) is 6.61 Å². The molecule has 0 aliphatic heterocycles. The molecule has 0 radical (unpaired) electrons. The molecule has 0 aromatic heterocycles. The van der Waals surface area contributed by atoms with Gasteiger partial charge in [-0.05, 0) is 37.5 Å². The highest BCUT2D eigenvalue weighted by atomic mass is 35.5. The van der Waals surface area contributed by atoms with Crippen molar-refractivity contribution in [2.24, 2.45) is 11.8 Å².